The van der Waals surface area contributed by atoms with Gasteiger partial charge in [-0.15, -0.1) is 0 Å². The van der Waals surface area contributed by atoms with Crippen LogP contribution in [0.1, 0.15) is 200 Å². The first-order chi connectivity index (χ1) is 33.3. The van der Waals surface area contributed by atoms with Gasteiger partial charge < -0.3 is 18.9 Å². The summed E-state index contributed by atoms with van der Waals surface area (Å²) in [7, 11) is 1.73. The number of unbranched alkanes of at least 4 members (excludes halogenated alkanes) is 18. The van der Waals surface area contributed by atoms with Gasteiger partial charge in [0, 0.05) is 53.9 Å². The quantitative estimate of drug-likeness (QED) is 0.0415. The van der Waals surface area contributed by atoms with Crippen molar-refractivity contribution in [1.82, 2.24) is 0 Å². The third kappa shape index (κ3) is 12.5. The molecule has 7 rings (SSSR count). The lowest BCUT2D eigenvalue weighted by atomic mass is 9.70. The van der Waals surface area contributed by atoms with Gasteiger partial charge in [-0.3, -0.25) is 0 Å². The van der Waals surface area contributed by atoms with E-state index in [0.717, 1.165) is 66.9 Å². The predicted molar refractivity (Wildman–Crippen MR) is 289 cm³/mol. The predicted octanol–water partition coefficient (Wildman–Crippen LogP) is 18.0. The third-order valence-electron chi connectivity index (χ3n) is 15.3. The van der Waals surface area contributed by atoms with Crippen LogP contribution in [-0.2, 0) is 20.5 Å². The highest BCUT2D eigenvalue weighted by molar-refractivity contribution is 6.08. The first-order valence-corrected chi connectivity index (χ1v) is 27.3. The Hall–Kier alpha value is -4.38. The highest BCUT2D eigenvalue weighted by Gasteiger charge is 2.48. The molecule has 1 aliphatic carbocycles. The van der Waals surface area contributed by atoms with Crippen LogP contribution in [0.3, 0.4) is 0 Å². The van der Waals surface area contributed by atoms with E-state index < -0.39 is 5.60 Å². The van der Waals surface area contributed by atoms with Gasteiger partial charge in [0.25, 0.3) is 0 Å². The number of hydrogen-bond donors (Lipinski definition) is 0. The average molecular weight is 919 g/mol. The summed E-state index contributed by atoms with van der Waals surface area (Å²) in [5, 5.41) is 2.40. The molecule has 1 unspecified atom stereocenters. The summed E-state index contributed by atoms with van der Waals surface area (Å²) < 4.78 is 26.8. The minimum Gasteiger partial charge on any atom is -0.497 e. The molecule has 1 atom stereocenters. The molecule has 0 radical (unpaired) electrons. The zero-order valence-electron chi connectivity index (χ0n) is 43.3. The zero-order chi connectivity index (χ0) is 47.6. The molecule has 0 fully saturated rings. The van der Waals surface area contributed by atoms with Crippen molar-refractivity contribution in [3.63, 3.8) is 0 Å². The Labute approximate surface area is 412 Å². The van der Waals surface area contributed by atoms with Crippen molar-refractivity contribution in [3.8, 4) is 22.6 Å². The lowest BCUT2D eigenvalue weighted by Crippen LogP contribution is -2.36. The third-order valence-corrected chi connectivity index (χ3v) is 15.3. The second-order valence-corrected chi connectivity index (χ2v) is 20.5. The summed E-state index contributed by atoms with van der Waals surface area (Å²) >= 11 is 0. The first kappa shape index (κ1) is 51.5. The second-order valence-electron chi connectivity index (χ2n) is 20.5. The number of benzene rings is 5. The van der Waals surface area contributed by atoms with Crippen LogP contribution in [-0.4, -0.2) is 33.5 Å². The fourth-order valence-corrected chi connectivity index (χ4v) is 11.3. The van der Waals surface area contributed by atoms with Gasteiger partial charge in [0.1, 0.15) is 11.5 Å². The molecular weight excluding hydrogens is 833 g/mol. The normalized spacial score (nSPS) is 15.6. The van der Waals surface area contributed by atoms with Crippen LogP contribution in [0.4, 0.5) is 0 Å². The van der Waals surface area contributed by atoms with Crippen LogP contribution >= 0.6 is 0 Å². The van der Waals surface area contributed by atoms with Gasteiger partial charge in [0.2, 0.25) is 0 Å². The molecule has 366 valence electrons. The smallest absolute Gasteiger partial charge is 0.178 e. The summed E-state index contributed by atoms with van der Waals surface area (Å²) in [6.45, 7) is 14.2. The molecule has 0 saturated carbocycles. The number of ether oxygens (including phenoxy) is 4. The highest BCUT2D eigenvalue weighted by Crippen LogP contribution is 2.60. The Morgan fingerprint density at radius 2 is 0.971 bits per heavy atom. The Morgan fingerprint density at radius 3 is 1.51 bits per heavy atom. The van der Waals surface area contributed by atoms with Crippen LogP contribution in [0.15, 0.2) is 91.0 Å². The molecule has 4 heteroatoms. The second kappa shape index (κ2) is 26.0. The van der Waals surface area contributed by atoms with E-state index in [1.807, 2.05) is 0 Å². The minimum atomic E-state index is -0.848. The number of rotatable bonds is 31. The van der Waals surface area contributed by atoms with Gasteiger partial charge in [-0.2, -0.15) is 0 Å². The van der Waals surface area contributed by atoms with Gasteiger partial charge in [0.05, 0.1) is 7.11 Å². The summed E-state index contributed by atoms with van der Waals surface area (Å²) in [5.74, 6) is 1.78. The maximum atomic E-state index is 7.77. The Balaban J connectivity index is 1.20. The van der Waals surface area contributed by atoms with E-state index in [0.29, 0.717) is 13.2 Å². The molecule has 1 aliphatic heterocycles. The van der Waals surface area contributed by atoms with E-state index in [1.165, 1.54) is 165 Å². The van der Waals surface area contributed by atoms with Crippen molar-refractivity contribution in [2.75, 3.05) is 33.5 Å². The van der Waals surface area contributed by atoms with E-state index >= 15 is 0 Å². The molecule has 1 heterocycles. The van der Waals surface area contributed by atoms with Crippen molar-refractivity contribution in [2.45, 2.75) is 187 Å². The average Bonchev–Trinajstić information content (AvgIpc) is 3.63. The number of aryl methyl sites for hydroxylation is 3. The molecule has 0 N–H and O–H groups in total. The van der Waals surface area contributed by atoms with Crippen LogP contribution < -0.4 is 9.47 Å². The van der Waals surface area contributed by atoms with Gasteiger partial charge in [0.15, 0.2) is 5.60 Å². The molecule has 5 aromatic carbocycles. The molecule has 0 spiro atoms. The van der Waals surface area contributed by atoms with Crippen molar-refractivity contribution < 1.29 is 18.9 Å². The van der Waals surface area contributed by atoms with Gasteiger partial charge in [-0.05, 0) is 98.4 Å². The molecule has 4 nitrogen and oxygen atoms in total. The van der Waals surface area contributed by atoms with Crippen molar-refractivity contribution in [3.05, 3.63) is 136 Å². The Morgan fingerprint density at radius 1 is 0.485 bits per heavy atom. The maximum Gasteiger partial charge on any atom is 0.178 e. The molecule has 0 amide bonds. The van der Waals surface area contributed by atoms with Crippen LogP contribution in [0, 0.1) is 20.8 Å². The number of hydrogen-bond acceptors (Lipinski definition) is 4. The number of fused-ring (bicyclic) bond motifs is 8. The summed E-state index contributed by atoms with van der Waals surface area (Å²) in [5.41, 5.74) is 11.4. The molecule has 0 saturated heterocycles. The molecule has 5 aromatic rings. The van der Waals surface area contributed by atoms with E-state index in [2.05, 4.69) is 132 Å². The summed E-state index contributed by atoms with van der Waals surface area (Å²) in [6, 6.07) is 31.5. The largest absolute Gasteiger partial charge is 0.497 e. The molecule has 2 aliphatic rings. The van der Waals surface area contributed by atoms with E-state index in [4.69, 9.17) is 18.9 Å². The molecule has 0 aromatic heterocycles. The zero-order valence-corrected chi connectivity index (χ0v) is 43.3. The van der Waals surface area contributed by atoms with E-state index in [1.54, 1.807) is 7.11 Å². The highest BCUT2D eigenvalue weighted by atomic mass is 16.5. The lowest BCUT2D eigenvalue weighted by Gasteiger charge is -2.40. The van der Waals surface area contributed by atoms with Crippen molar-refractivity contribution >= 4 is 16.8 Å². The SMILES string of the molecule is CCCCCCCCCCCCOCCC1(CCOCCCCCCCCCCCC)c2cc(C)ccc2-c2c1c1c(c3cc(C)ccc23)OC(c2ccc(C)cc2)(c2ccc(OC)cc2)C=C1. The lowest BCUT2D eigenvalue weighted by molar-refractivity contribution is 0.0913. The van der Waals surface area contributed by atoms with Gasteiger partial charge in [-0.1, -0.05) is 219 Å². The molecule has 0 bridgehead atoms. The first-order valence-electron chi connectivity index (χ1n) is 27.3. The van der Waals surface area contributed by atoms with Crippen molar-refractivity contribution in [1.29, 1.82) is 0 Å². The monoisotopic (exact) mass is 919 g/mol. The fourth-order valence-electron chi connectivity index (χ4n) is 11.3. The number of methoxy groups -OCH3 is 1. The van der Waals surface area contributed by atoms with Crippen LogP contribution in [0.5, 0.6) is 11.5 Å². The topological polar surface area (TPSA) is 36.9 Å². The van der Waals surface area contributed by atoms with Gasteiger partial charge >= 0.3 is 0 Å². The molecule has 68 heavy (non-hydrogen) atoms. The summed E-state index contributed by atoms with van der Waals surface area (Å²) in [6.07, 6.45) is 33.0. The van der Waals surface area contributed by atoms with E-state index in [9.17, 15) is 0 Å². The fraction of sp³-hybridized carbons (Fsp3) is 0.531. The Bertz CT molecular complexity index is 2310. The van der Waals surface area contributed by atoms with Crippen LogP contribution in [0.2, 0.25) is 0 Å². The molecular formula is C64H86O4. The minimum absolute atomic E-state index is 0.326. The standard InChI is InChI=1S/C64H86O4/c1-7-9-11-13-15-17-19-21-23-25-43-66-45-41-63(42-46-67-44-26-24-22-20-18-16-14-12-10-8-2)59-48-51(5)30-38-56(59)60-55-37-29-50(4)47-58(55)62-57(61(60)63)39-40-64(68-62,52-31-27-49(3)28-32-52)53-33-35-54(65-6)36-34-53/h27-40,47-48H,7-26,41-46H2,1-6H3. The Kier molecular flexibility index (Phi) is 19.7. The summed E-state index contributed by atoms with van der Waals surface area (Å²) in [4.78, 5) is 0. The van der Waals surface area contributed by atoms with E-state index in [-0.39, 0.29) is 5.41 Å². The maximum absolute atomic E-state index is 7.77. The van der Waals surface area contributed by atoms with Gasteiger partial charge in [-0.25, -0.2) is 0 Å². The van der Waals surface area contributed by atoms with Crippen LogP contribution in [0.25, 0.3) is 28.0 Å². The van der Waals surface area contributed by atoms with Crippen molar-refractivity contribution in [2.24, 2.45) is 0 Å².